The van der Waals surface area contributed by atoms with E-state index >= 15 is 0 Å². The maximum absolute atomic E-state index is 12.3. The molecule has 0 saturated carbocycles. The number of carbonyl (C=O) groups is 1. The second-order valence-electron chi connectivity index (χ2n) is 7.76. The minimum atomic E-state index is -0.533. The van der Waals surface area contributed by atoms with Crippen molar-refractivity contribution < 1.29 is 14.6 Å². The summed E-state index contributed by atoms with van der Waals surface area (Å²) in [5.74, 6) is 0.301. The molecular formula is C23H28N6O3S. The fourth-order valence-electron chi connectivity index (χ4n) is 3.48. The van der Waals surface area contributed by atoms with Crippen LogP contribution in [0.15, 0.2) is 53.5 Å². The Hall–Kier alpha value is -2.89. The molecular weight excluding hydrogens is 440 g/mol. The molecule has 1 aliphatic rings. The lowest BCUT2D eigenvalue weighted by molar-refractivity contribution is -0.115. The van der Waals surface area contributed by atoms with Crippen LogP contribution in [0, 0.1) is 0 Å². The maximum Gasteiger partial charge on any atom is 0.238 e. The standard InChI is InChI=1S/C23H28N6O3S/c30-21(15-29-5-7-32-8-6-29)13-24-14-22(31)27-19-2-1-3-20(10-19)28-23-25-11-18(12-26-23)17-4-9-33-16-17/h1-4,9-12,16,21,24,30H,5-8,13-15H2,(H,27,31)(H,25,26,28). The lowest BCUT2D eigenvalue weighted by Gasteiger charge is -2.28. The summed E-state index contributed by atoms with van der Waals surface area (Å²) in [6.45, 7) is 4.08. The molecule has 1 saturated heterocycles. The van der Waals surface area contributed by atoms with Crippen molar-refractivity contribution in [2.45, 2.75) is 6.10 Å². The Labute approximate surface area is 196 Å². The van der Waals surface area contributed by atoms with Gasteiger partial charge in [-0.2, -0.15) is 11.3 Å². The number of carbonyl (C=O) groups excluding carboxylic acids is 1. The fraction of sp³-hybridized carbons (Fsp3) is 0.348. The number of hydrogen-bond acceptors (Lipinski definition) is 9. The van der Waals surface area contributed by atoms with Gasteiger partial charge in [-0.1, -0.05) is 6.07 Å². The maximum atomic E-state index is 12.3. The Morgan fingerprint density at radius 1 is 1.15 bits per heavy atom. The number of aliphatic hydroxyl groups is 1. The fourth-order valence-corrected chi connectivity index (χ4v) is 4.14. The van der Waals surface area contributed by atoms with Crippen LogP contribution in [0.25, 0.3) is 11.1 Å². The summed E-state index contributed by atoms with van der Waals surface area (Å²) < 4.78 is 5.31. The Balaban J connectivity index is 1.21. The average Bonchev–Trinajstić information content (AvgIpc) is 3.35. The first-order chi connectivity index (χ1) is 16.2. The monoisotopic (exact) mass is 468 g/mol. The molecule has 1 atom stereocenters. The lowest BCUT2D eigenvalue weighted by Crippen LogP contribution is -2.44. The molecule has 0 radical (unpaired) electrons. The van der Waals surface area contributed by atoms with Gasteiger partial charge in [-0.25, -0.2) is 9.97 Å². The highest BCUT2D eigenvalue weighted by Gasteiger charge is 2.15. The van der Waals surface area contributed by atoms with Crippen LogP contribution in [-0.2, 0) is 9.53 Å². The zero-order chi connectivity index (χ0) is 22.9. The molecule has 174 valence electrons. The Kier molecular flexibility index (Phi) is 8.34. The number of thiophene rings is 1. The predicted molar refractivity (Wildman–Crippen MR) is 130 cm³/mol. The average molecular weight is 469 g/mol. The molecule has 33 heavy (non-hydrogen) atoms. The molecule has 0 aliphatic carbocycles. The number of nitrogens with one attached hydrogen (secondary N) is 3. The van der Waals surface area contributed by atoms with Gasteiger partial charge in [0, 0.05) is 55.5 Å². The molecule has 4 rings (SSSR count). The van der Waals surface area contributed by atoms with Crippen LogP contribution in [0.5, 0.6) is 0 Å². The number of amides is 1. The number of aliphatic hydroxyl groups excluding tert-OH is 1. The van der Waals surface area contributed by atoms with Crippen LogP contribution in [0.2, 0.25) is 0 Å². The number of rotatable bonds is 10. The number of hydrogen-bond donors (Lipinski definition) is 4. The molecule has 3 aromatic rings. The number of β-amino-alcohol motifs (C(OH)–C–C–N with tert-alkyl or cyclic N) is 1. The van der Waals surface area contributed by atoms with Crippen molar-refractivity contribution in [1.29, 1.82) is 0 Å². The van der Waals surface area contributed by atoms with Gasteiger partial charge in [0.1, 0.15) is 0 Å². The highest BCUT2D eigenvalue weighted by molar-refractivity contribution is 7.08. The van der Waals surface area contributed by atoms with E-state index in [0.717, 1.165) is 29.9 Å². The van der Waals surface area contributed by atoms with E-state index in [-0.39, 0.29) is 12.5 Å². The molecule has 9 nitrogen and oxygen atoms in total. The normalized spacial score (nSPS) is 15.2. The Bertz CT molecular complexity index is 1010. The number of aromatic nitrogens is 2. The molecule has 1 aliphatic heterocycles. The summed E-state index contributed by atoms with van der Waals surface area (Å²) in [5, 5.41) is 23.3. The summed E-state index contributed by atoms with van der Waals surface area (Å²) in [6.07, 6.45) is 3.03. The molecule has 1 amide bonds. The van der Waals surface area contributed by atoms with Crippen LogP contribution in [-0.4, -0.2) is 77.9 Å². The number of morpholine rings is 1. The van der Waals surface area contributed by atoms with Gasteiger partial charge in [0.15, 0.2) is 0 Å². The van der Waals surface area contributed by atoms with Gasteiger partial charge < -0.3 is 25.8 Å². The molecule has 2 aromatic heterocycles. The smallest absolute Gasteiger partial charge is 0.238 e. The molecule has 1 unspecified atom stereocenters. The first-order valence-corrected chi connectivity index (χ1v) is 11.8. The van der Waals surface area contributed by atoms with E-state index in [1.165, 1.54) is 0 Å². The van der Waals surface area contributed by atoms with Crippen LogP contribution in [0.4, 0.5) is 17.3 Å². The van der Waals surface area contributed by atoms with Gasteiger partial charge in [-0.05, 0) is 40.6 Å². The van der Waals surface area contributed by atoms with Crippen molar-refractivity contribution in [3.63, 3.8) is 0 Å². The van der Waals surface area contributed by atoms with Crippen LogP contribution in [0.3, 0.4) is 0 Å². The first kappa shape index (κ1) is 23.3. The van der Waals surface area contributed by atoms with Crippen molar-refractivity contribution in [2.75, 3.05) is 56.6 Å². The first-order valence-electron chi connectivity index (χ1n) is 10.9. The third-order valence-electron chi connectivity index (χ3n) is 5.15. The molecule has 0 spiro atoms. The Morgan fingerprint density at radius 2 is 1.94 bits per heavy atom. The topological polar surface area (TPSA) is 112 Å². The molecule has 10 heteroatoms. The SMILES string of the molecule is O=C(CNCC(O)CN1CCOCC1)Nc1cccc(Nc2ncc(-c3ccsc3)cn2)c1. The lowest BCUT2D eigenvalue weighted by atomic mass is 10.2. The highest BCUT2D eigenvalue weighted by atomic mass is 32.1. The minimum absolute atomic E-state index is 0.116. The highest BCUT2D eigenvalue weighted by Crippen LogP contribution is 2.22. The van der Waals surface area contributed by atoms with Crippen LogP contribution >= 0.6 is 11.3 Å². The van der Waals surface area contributed by atoms with Gasteiger partial charge in [-0.15, -0.1) is 0 Å². The molecule has 0 bridgehead atoms. The van der Waals surface area contributed by atoms with E-state index in [1.807, 2.05) is 35.7 Å². The summed E-state index contributed by atoms with van der Waals surface area (Å²) in [5.41, 5.74) is 3.49. The number of benzene rings is 1. The van der Waals surface area contributed by atoms with E-state index < -0.39 is 6.10 Å². The van der Waals surface area contributed by atoms with Crippen LogP contribution in [0.1, 0.15) is 0 Å². The quantitative estimate of drug-likeness (QED) is 0.358. The van der Waals surface area contributed by atoms with E-state index in [0.29, 0.717) is 37.9 Å². The summed E-state index contributed by atoms with van der Waals surface area (Å²) in [4.78, 5) is 23.2. The van der Waals surface area contributed by atoms with Crippen molar-refractivity contribution in [1.82, 2.24) is 20.2 Å². The summed E-state index contributed by atoms with van der Waals surface area (Å²) in [7, 11) is 0. The van der Waals surface area contributed by atoms with Crippen LogP contribution < -0.4 is 16.0 Å². The Morgan fingerprint density at radius 3 is 2.70 bits per heavy atom. The number of ether oxygens (including phenoxy) is 1. The van der Waals surface area contributed by atoms with Gasteiger partial charge in [0.25, 0.3) is 0 Å². The molecule has 1 fully saturated rings. The van der Waals surface area contributed by atoms with Gasteiger partial charge in [0.05, 0.1) is 25.9 Å². The van der Waals surface area contributed by atoms with Gasteiger partial charge in [0.2, 0.25) is 11.9 Å². The number of nitrogens with zero attached hydrogens (tertiary/aromatic N) is 3. The van der Waals surface area contributed by atoms with Crippen molar-refractivity contribution >= 4 is 34.6 Å². The third kappa shape index (κ3) is 7.31. The van der Waals surface area contributed by atoms with E-state index in [4.69, 9.17) is 4.74 Å². The van der Waals surface area contributed by atoms with Gasteiger partial charge in [-0.3, -0.25) is 9.69 Å². The van der Waals surface area contributed by atoms with Crippen molar-refractivity contribution in [3.8, 4) is 11.1 Å². The molecule has 4 N–H and O–H groups in total. The van der Waals surface area contributed by atoms with Crippen molar-refractivity contribution in [3.05, 3.63) is 53.5 Å². The third-order valence-corrected chi connectivity index (χ3v) is 5.83. The zero-order valence-electron chi connectivity index (χ0n) is 18.2. The molecule has 1 aromatic carbocycles. The zero-order valence-corrected chi connectivity index (χ0v) is 19.1. The second-order valence-corrected chi connectivity index (χ2v) is 8.54. The predicted octanol–water partition coefficient (Wildman–Crippen LogP) is 2.17. The van der Waals surface area contributed by atoms with Gasteiger partial charge >= 0.3 is 0 Å². The minimum Gasteiger partial charge on any atom is -0.390 e. The summed E-state index contributed by atoms with van der Waals surface area (Å²) >= 11 is 1.63. The van der Waals surface area contributed by atoms with E-state index in [9.17, 15) is 9.90 Å². The molecule has 3 heterocycles. The largest absolute Gasteiger partial charge is 0.390 e. The van der Waals surface area contributed by atoms with E-state index in [1.54, 1.807) is 23.7 Å². The number of anilines is 3. The van der Waals surface area contributed by atoms with Crippen molar-refractivity contribution in [2.24, 2.45) is 0 Å². The van der Waals surface area contributed by atoms with E-state index in [2.05, 4.69) is 36.2 Å². The summed E-state index contributed by atoms with van der Waals surface area (Å²) in [6, 6.07) is 9.39. The second kappa shape index (κ2) is 11.8.